The van der Waals surface area contributed by atoms with E-state index in [0.717, 1.165) is 50.9 Å². The van der Waals surface area contributed by atoms with E-state index in [9.17, 15) is 9.59 Å². The molecule has 0 spiro atoms. The summed E-state index contributed by atoms with van der Waals surface area (Å²) in [6.45, 7) is 1.47. The third-order valence-electron chi connectivity index (χ3n) is 3.63. The highest BCUT2D eigenvalue weighted by Crippen LogP contribution is 2.30. The third-order valence-corrected chi connectivity index (χ3v) is 3.63. The number of unbranched alkanes of at least 4 members (excludes halogenated alkanes) is 2. The van der Waals surface area contributed by atoms with Crippen molar-refractivity contribution in [1.82, 2.24) is 0 Å². The maximum atomic E-state index is 10.8. The maximum absolute atomic E-state index is 10.8. The highest BCUT2D eigenvalue weighted by atomic mass is 16.5. The van der Waals surface area contributed by atoms with Crippen LogP contribution >= 0.6 is 0 Å². The maximum Gasteiger partial charge on any atom is 0.303 e. The molecule has 0 atom stereocenters. The zero-order valence-electron chi connectivity index (χ0n) is 11.2. The lowest BCUT2D eigenvalue weighted by molar-refractivity contribution is -0.148. The van der Waals surface area contributed by atoms with Crippen molar-refractivity contribution >= 4 is 11.9 Å². The molecule has 104 valence electrons. The molecule has 1 rings (SSSR count). The van der Waals surface area contributed by atoms with Gasteiger partial charge in [-0.3, -0.25) is 9.59 Å². The standard InChI is InChI=1S/C14H24O4/c1-11(15)18-13-9-7-12(8-10-13)5-3-2-4-6-14(16)17/h12-13H,2-10H2,1H3,(H,16,17). The van der Waals surface area contributed by atoms with Gasteiger partial charge in [-0.25, -0.2) is 0 Å². The Morgan fingerprint density at radius 3 is 2.33 bits per heavy atom. The molecule has 1 fully saturated rings. The van der Waals surface area contributed by atoms with Crippen molar-refractivity contribution in [3.05, 3.63) is 0 Å². The number of carboxylic acid groups (broad SMARTS) is 1. The van der Waals surface area contributed by atoms with Crippen LogP contribution in [-0.4, -0.2) is 23.1 Å². The van der Waals surface area contributed by atoms with E-state index in [1.54, 1.807) is 0 Å². The molecule has 4 heteroatoms. The van der Waals surface area contributed by atoms with Gasteiger partial charge in [-0.15, -0.1) is 0 Å². The Balaban J connectivity index is 2.02. The van der Waals surface area contributed by atoms with Gasteiger partial charge >= 0.3 is 11.9 Å². The van der Waals surface area contributed by atoms with Crippen LogP contribution in [0.2, 0.25) is 0 Å². The molecular formula is C14H24O4. The molecule has 0 aromatic heterocycles. The Morgan fingerprint density at radius 1 is 1.11 bits per heavy atom. The van der Waals surface area contributed by atoms with Gasteiger partial charge in [0.2, 0.25) is 0 Å². The number of carboxylic acids is 1. The first-order chi connectivity index (χ1) is 8.58. The first-order valence-corrected chi connectivity index (χ1v) is 6.97. The van der Waals surface area contributed by atoms with Crippen LogP contribution in [0.4, 0.5) is 0 Å². The van der Waals surface area contributed by atoms with Crippen LogP contribution in [0.25, 0.3) is 0 Å². The summed E-state index contributed by atoms with van der Waals surface area (Å²) in [4.78, 5) is 21.2. The second-order valence-corrected chi connectivity index (χ2v) is 5.25. The minimum absolute atomic E-state index is 0.130. The normalized spacial score (nSPS) is 23.6. The summed E-state index contributed by atoms with van der Waals surface area (Å²) in [6, 6.07) is 0. The molecule has 0 saturated heterocycles. The van der Waals surface area contributed by atoms with Crippen LogP contribution < -0.4 is 0 Å². The number of rotatable bonds is 7. The van der Waals surface area contributed by atoms with Gasteiger partial charge in [0.25, 0.3) is 0 Å². The average molecular weight is 256 g/mol. The summed E-state index contributed by atoms with van der Waals surface area (Å²) in [5.41, 5.74) is 0. The molecule has 1 saturated carbocycles. The van der Waals surface area contributed by atoms with Gasteiger partial charge < -0.3 is 9.84 Å². The van der Waals surface area contributed by atoms with Gasteiger partial charge in [0.15, 0.2) is 0 Å². The van der Waals surface area contributed by atoms with Gasteiger partial charge in [-0.05, 0) is 38.0 Å². The molecular weight excluding hydrogens is 232 g/mol. The molecule has 0 unspecified atom stereocenters. The number of carbonyl (C=O) groups is 2. The summed E-state index contributed by atoms with van der Waals surface area (Å²) >= 11 is 0. The SMILES string of the molecule is CC(=O)OC1CCC(CCCCCC(=O)O)CC1. The van der Waals surface area contributed by atoms with E-state index in [0.29, 0.717) is 6.42 Å². The second-order valence-electron chi connectivity index (χ2n) is 5.25. The van der Waals surface area contributed by atoms with Gasteiger partial charge in [-0.1, -0.05) is 19.3 Å². The molecule has 1 aliphatic carbocycles. The van der Waals surface area contributed by atoms with E-state index >= 15 is 0 Å². The van der Waals surface area contributed by atoms with E-state index in [4.69, 9.17) is 9.84 Å². The fourth-order valence-electron chi connectivity index (χ4n) is 2.66. The van der Waals surface area contributed by atoms with Crippen LogP contribution in [-0.2, 0) is 14.3 Å². The van der Waals surface area contributed by atoms with E-state index in [-0.39, 0.29) is 12.1 Å². The second kappa shape index (κ2) is 8.11. The van der Waals surface area contributed by atoms with Crippen molar-refractivity contribution < 1.29 is 19.4 Å². The number of aliphatic carboxylic acids is 1. The molecule has 0 aromatic carbocycles. The minimum Gasteiger partial charge on any atom is -0.481 e. The van der Waals surface area contributed by atoms with Crippen LogP contribution in [0, 0.1) is 5.92 Å². The first kappa shape index (κ1) is 15.0. The third kappa shape index (κ3) is 6.62. The zero-order chi connectivity index (χ0) is 13.4. The van der Waals surface area contributed by atoms with Crippen LogP contribution in [0.15, 0.2) is 0 Å². The van der Waals surface area contributed by atoms with E-state index in [1.165, 1.54) is 13.3 Å². The molecule has 1 aliphatic rings. The van der Waals surface area contributed by atoms with E-state index in [1.807, 2.05) is 0 Å². The lowest BCUT2D eigenvalue weighted by Crippen LogP contribution is -2.23. The predicted molar refractivity (Wildman–Crippen MR) is 68.2 cm³/mol. The number of carbonyl (C=O) groups excluding carboxylic acids is 1. The van der Waals surface area contributed by atoms with Crippen molar-refractivity contribution in [2.24, 2.45) is 5.92 Å². The van der Waals surface area contributed by atoms with Crippen molar-refractivity contribution in [1.29, 1.82) is 0 Å². The quantitative estimate of drug-likeness (QED) is 0.561. The largest absolute Gasteiger partial charge is 0.481 e. The van der Waals surface area contributed by atoms with Crippen molar-refractivity contribution in [2.45, 2.75) is 70.8 Å². The number of ether oxygens (including phenoxy) is 1. The Labute approximate surface area is 109 Å². The summed E-state index contributed by atoms with van der Waals surface area (Å²) < 4.78 is 5.20. The summed E-state index contributed by atoms with van der Waals surface area (Å²) in [6.07, 6.45) is 8.77. The molecule has 1 N–H and O–H groups in total. The molecule has 0 amide bonds. The molecule has 0 radical (unpaired) electrons. The summed E-state index contributed by atoms with van der Waals surface area (Å²) in [5, 5.41) is 8.52. The zero-order valence-corrected chi connectivity index (χ0v) is 11.2. The van der Waals surface area contributed by atoms with Crippen molar-refractivity contribution in [3.8, 4) is 0 Å². The van der Waals surface area contributed by atoms with Crippen molar-refractivity contribution in [3.63, 3.8) is 0 Å². The predicted octanol–water partition coefficient (Wildman–Crippen LogP) is 3.14. The summed E-state index contributed by atoms with van der Waals surface area (Å²) in [7, 11) is 0. The van der Waals surface area contributed by atoms with Gasteiger partial charge in [0, 0.05) is 13.3 Å². The topological polar surface area (TPSA) is 63.6 Å². The molecule has 0 aliphatic heterocycles. The van der Waals surface area contributed by atoms with Crippen molar-refractivity contribution in [2.75, 3.05) is 0 Å². The molecule has 0 bridgehead atoms. The van der Waals surface area contributed by atoms with Gasteiger partial charge in [0.1, 0.15) is 6.10 Å². The molecule has 0 aromatic rings. The average Bonchev–Trinajstić information content (AvgIpc) is 2.30. The lowest BCUT2D eigenvalue weighted by atomic mass is 9.84. The summed E-state index contributed by atoms with van der Waals surface area (Å²) in [5.74, 6) is -0.134. The molecule has 0 heterocycles. The smallest absolute Gasteiger partial charge is 0.303 e. The number of hydrogen-bond acceptors (Lipinski definition) is 3. The van der Waals surface area contributed by atoms with Crippen LogP contribution in [0.3, 0.4) is 0 Å². The minimum atomic E-state index is -0.697. The monoisotopic (exact) mass is 256 g/mol. The number of esters is 1. The first-order valence-electron chi connectivity index (χ1n) is 6.97. The Morgan fingerprint density at radius 2 is 1.78 bits per heavy atom. The van der Waals surface area contributed by atoms with E-state index in [2.05, 4.69) is 0 Å². The van der Waals surface area contributed by atoms with Crippen LogP contribution in [0.5, 0.6) is 0 Å². The number of hydrogen-bond donors (Lipinski definition) is 1. The fraction of sp³-hybridized carbons (Fsp3) is 0.857. The Kier molecular flexibility index (Phi) is 6.76. The fourth-order valence-corrected chi connectivity index (χ4v) is 2.66. The lowest BCUT2D eigenvalue weighted by Gasteiger charge is -2.28. The highest BCUT2D eigenvalue weighted by Gasteiger charge is 2.22. The molecule has 18 heavy (non-hydrogen) atoms. The Bertz CT molecular complexity index is 267. The molecule has 4 nitrogen and oxygen atoms in total. The van der Waals surface area contributed by atoms with Gasteiger partial charge in [-0.2, -0.15) is 0 Å². The van der Waals surface area contributed by atoms with E-state index < -0.39 is 5.97 Å². The van der Waals surface area contributed by atoms with Crippen LogP contribution in [0.1, 0.15) is 64.7 Å². The van der Waals surface area contributed by atoms with Gasteiger partial charge in [0.05, 0.1) is 0 Å². The Hall–Kier alpha value is -1.06. The highest BCUT2D eigenvalue weighted by molar-refractivity contribution is 5.66.